The molecule has 0 saturated carbocycles. The number of amides is 1. The Bertz CT molecular complexity index is 406. The second-order valence-electron chi connectivity index (χ2n) is 3.44. The van der Waals surface area contributed by atoms with E-state index in [0.29, 0.717) is 5.88 Å². The number of carbonyl (C=O) groups excluding carboxylic acids is 1. The molecule has 100 valence electrons. The summed E-state index contributed by atoms with van der Waals surface area (Å²) in [4.78, 5) is 19.9. The van der Waals surface area contributed by atoms with Crippen LogP contribution in [0.15, 0.2) is 22.8 Å². The second-order valence-corrected chi connectivity index (χ2v) is 4.35. The summed E-state index contributed by atoms with van der Waals surface area (Å²) < 4.78 is 19.5. The van der Waals surface area contributed by atoms with Gasteiger partial charge in [-0.2, -0.15) is 0 Å². The molecule has 0 spiro atoms. The lowest BCUT2D eigenvalue weighted by Gasteiger charge is -2.16. The number of carbonyl (C=O) groups is 1. The van der Waals surface area contributed by atoms with Crippen LogP contribution < -0.4 is 4.74 Å². The molecule has 0 aliphatic heterocycles. The van der Waals surface area contributed by atoms with Crippen LogP contribution in [0.4, 0.5) is 4.39 Å². The summed E-state index contributed by atoms with van der Waals surface area (Å²) in [5.41, 5.74) is 0. The third-order valence-electron chi connectivity index (χ3n) is 2.17. The first kappa shape index (κ1) is 14.8. The van der Waals surface area contributed by atoms with Crippen LogP contribution in [0.2, 0.25) is 0 Å². The minimum atomic E-state index is -1.65. The normalized spacial score (nSPS) is 12.0. The Morgan fingerprint density at radius 2 is 2.39 bits per heavy atom. The summed E-state index contributed by atoms with van der Waals surface area (Å²) in [6.45, 7) is 0.0634. The van der Waals surface area contributed by atoms with Gasteiger partial charge in [-0.25, -0.2) is 14.4 Å². The van der Waals surface area contributed by atoms with Crippen molar-refractivity contribution in [2.75, 3.05) is 20.8 Å². The molecule has 0 aromatic carbocycles. The Morgan fingerprint density at radius 1 is 1.67 bits per heavy atom. The first-order chi connectivity index (χ1) is 8.54. The number of ether oxygens (including phenoxy) is 1. The van der Waals surface area contributed by atoms with Gasteiger partial charge in [0.25, 0.3) is 5.91 Å². The Hall–Kier alpha value is -1.21. The van der Waals surface area contributed by atoms with Gasteiger partial charge in [-0.3, -0.25) is 9.63 Å². The second kappa shape index (κ2) is 7.27. The zero-order valence-electron chi connectivity index (χ0n) is 10.1. The average Bonchev–Trinajstić information content (AvgIpc) is 2.36. The Labute approximate surface area is 113 Å². The molecular weight excluding hydrogens is 307 g/mol. The lowest BCUT2D eigenvalue weighted by Crippen LogP contribution is -2.34. The maximum Gasteiger partial charge on any atom is 0.280 e. The summed E-state index contributed by atoms with van der Waals surface area (Å²) in [6.07, 6.45) is -0.140. The average molecular weight is 321 g/mol. The van der Waals surface area contributed by atoms with E-state index in [-0.39, 0.29) is 13.0 Å². The van der Waals surface area contributed by atoms with Crippen molar-refractivity contribution in [3.05, 3.63) is 22.8 Å². The van der Waals surface area contributed by atoms with Crippen LogP contribution in [0.1, 0.15) is 6.42 Å². The molecule has 0 fully saturated rings. The first-order valence-electron chi connectivity index (χ1n) is 5.24. The van der Waals surface area contributed by atoms with E-state index in [1.54, 1.807) is 18.3 Å². The van der Waals surface area contributed by atoms with Crippen molar-refractivity contribution in [3.63, 3.8) is 0 Å². The molecule has 18 heavy (non-hydrogen) atoms. The van der Waals surface area contributed by atoms with E-state index >= 15 is 0 Å². The molecule has 1 aromatic heterocycles. The summed E-state index contributed by atoms with van der Waals surface area (Å²) >= 11 is 3.26. The maximum absolute atomic E-state index is 13.4. The van der Waals surface area contributed by atoms with Crippen LogP contribution in [0, 0.1) is 0 Å². The molecule has 0 radical (unpaired) electrons. The number of hydrogen-bond acceptors (Lipinski definition) is 4. The zero-order valence-corrected chi connectivity index (χ0v) is 11.7. The topological polar surface area (TPSA) is 51.7 Å². The molecule has 1 unspecified atom stereocenters. The predicted octanol–water partition coefficient (Wildman–Crippen LogP) is 1.97. The van der Waals surface area contributed by atoms with Gasteiger partial charge in [0.05, 0.1) is 13.7 Å². The molecule has 7 heteroatoms. The van der Waals surface area contributed by atoms with Gasteiger partial charge in [-0.05, 0) is 6.07 Å². The van der Waals surface area contributed by atoms with Crippen LogP contribution in [-0.4, -0.2) is 42.9 Å². The van der Waals surface area contributed by atoms with Crippen LogP contribution in [-0.2, 0) is 9.63 Å². The van der Waals surface area contributed by atoms with Crippen molar-refractivity contribution < 1.29 is 18.8 Å². The molecule has 1 amide bonds. The van der Waals surface area contributed by atoms with Gasteiger partial charge in [-0.1, -0.05) is 15.9 Å². The minimum absolute atomic E-state index is 0.0548. The van der Waals surface area contributed by atoms with Crippen LogP contribution >= 0.6 is 15.9 Å². The Balaban J connectivity index is 2.35. The maximum atomic E-state index is 13.4. The molecule has 1 rings (SSSR count). The summed E-state index contributed by atoms with van der Waals surface area (Å²) in [7, 11) is 2.65. The summed E-state index contributed by atoms with van der Waals surface area (Å²) in [6, 6.07) is 3.41. The Morgan fingerprint density at radius 3 is 3.00 bits per heavy atom. The largest absolute Gasteiger partial charge is 0.478 e. The number of pyridine rings is 1. The summed E-state index contributed by atoms with van der Waals surface area (Å²) in [5, 5.41) is 0.849. The van der Waals surface area contributed by atoms with Gasteiger partial charge in [0, 0.05) is 30.2 Å². The smallest absolute Gasteiger partial charge is 0.280 e. The van der Waals surface area contributed by atoms with Crippen molar-refractivity contribution in [2.45, 2.75) is 12.6 Å². The highest BCUT2D eigenvalue weighted by molar-refractivity contribution is 9.10. The lowest BCUT2D eigenvalue weighted by molar-refractivity contribution is -0.174. The quantitative estimate of drug-likeness (QED) is 0.752. The van der Waals surface area contributed by atoms with Crippen molar-refractivity contribution in [1.82, 2.24) is 10.0 Å². The van der Waals surface area contributed by atoms with E-state index < -0.39 is 12.1 Å². The van der Waals surface area contributed by atoms with Gasteiger partial charge in [0.1, 0.15) is 0 Å². The van der Waals surface area contributed by atoms with Crippen LogP contribution in [0.5, 0.6) is 5.88 Å². The van der Waals surface area contributed by atoms with E-state index in [1.165, 1.54) is 14.2 Å². The molecule has 0 aliphatic carbocycles. The van der Waals surface area contributed by atoms with E-state index in [9.17, 15) is 9.18 Å². The van der Waals surface area contributed by atoms with Crippen molar-refractivity contribution in [1.29, 1.82) is 0 Å². The zero-order chi connectivity index (χ0) is 13.5. The number of hydroxylamine groups is 2. The molecule has 0 N–H and O–H groups in total. The van der Waals surface area contributed by atoms with E-state index in [0.717, 1.165) is 9.54 Å². The number of rotatable bonds is 6. The van der Waals surface area contributed by atoms with E-state index in [4.69, 9.17) is 4.74 Å². The van der Waals surface area contributed by atoms with Crippen LogP contribution in [0.25, 0.3) is 0 Å². The lowest BCUT2D eigenvalue weighted by atomic mass is 10.3. The highest BCUT2D eigenvalue weighted by Crippen LogP contribution is 2.15. The first-order valence-corrected chi connectivity index (χ1v) is 6.04. The third kappa shape index (κ3) is 4.58. The number of nitrogens with zero attached hydrogens (tertiary/aromatic N) is 2. The molecular formula is C11H14BrFN2O3. The highest BCUT2D eigenvalue weighted by Gasteiger charge is 2.21. The number of halogens is 2. The highest BCUT2D eigenvalue weighted by atomic mass is 79.9. The van der Waals surface area contributed by atoms with Gasteiger partial charge in [0.15, 0.2) is 6.17 Å². The van der Waals surface area contributed by atoms with E-state index in [1.807, 2.05) is 0 Å². The van der Waals surface area contributed by atoms with E-state index in [2.05, 4.69) is 25.8 Å². The van der Waals surface area contributed by atoms with Crippen molar-refractivity contribution in [3.8, 4) is 5.88 Å². The number of aromatic nitrogens is 1. The molecule has 1 heterocycles. The monoisotopic (exact) mass is 320 g/mol. The molecule has 1 aromatic rings. The van der Waals surface area contributed by atoms with Gasteiger partial charge >= 0.3 is 0 Å². The molecule has 0 saturated heterocycles. The fourth-order valence-electron chi connectivity index (χ4n) is 1.14. The Kier molecular flexibility index (Phi) is 6.00. The molecule has 5 nitrogen and oxygen atoms in total. The van der Waals surface area contributed by atoms with Crippen molar-refractivity contribution >= 4 is 21.8 Å². The predicted molar refractivity (Wildman–Crippen MR) is 66.7 cm³/mol. The number of hydrogen-bond donors (Lipinski definition) is 0. The summed E-state index contributed by atoms with van der Waals surface area (Å²) in [5.74, 6) is -0.354. The molecule has 0 aliphatic rings. The molecule has 0 bridgehead atoms. The molecule has 1 atom stereocenters. The van der Waals surface area contributed by atoms with Gasteiger partial charge in [-0.15, -0.1) is 0 Å². The fraction of sp³-hybridized carbons (Fsp3) is 0.455. The fourth-order valence-corrected chi connectivity index (χ4v) is 1.46. The minimum Gasteiger partial charge on any atom is -0.478 e. The van der Waals surface area contributed by atoms with Crippen LogP contribution in [0.3, 0.4) is 0 Å². The SMILES string of the molecule is CON(C)C(=O)C(F)CCOc1cc(Br)ccn1. The number of alkyl halides is 1. The van der Waals surface area contributed by atoms with Gasteiger partial charge < -0.3 is 4.74 Å². The standard InChI is InChI=1S/C11H14BrFN2O3/c1-15(17-2)11(16)9(13)4-6-18-10-7-8(12)3-5-14-10/h3,5,7,9H,4,6H2,1-2H3. The third-order valence-corrected chi connectivity index (χ3v) is 2.66. The van der Waals surface area contributed by atoms with Crippen molar-refractivity contribution in [2.24, 2.45) is 0 Å². The van der Waals surface area contributed by atoms with Gasteiger partial charge in [0.2, 0.25) is 5.88 Å².